The van der Waals surface area contributed by atoms with Crippen LogP contribution >= 0.6 is 11.8 Å². The lowest BCUT2D eigenvalue weighted by atomic mass is 10.1. The summed E-state index contributed by atoms with van der Waals surface area (Å²) in [7, 11) is 0. The monoisotopic (exact) mass is 371 g/mol. The van der Waals surface area contributed by atoms with Crippen molar-refractivity contribution in [3.8, 4) is 0 Å². The van der Waals surface area contributed by atoms with Gasteiger partial charge in [-0.2, -0.15) is 0 Å². The number of amides is 1. The van der Waals surface area contributed by atoms with Crippen LogP contribution in [-0.2, 0) is 24.3 Å². The Balaban J connectivity index is 1.81. The summed E-state index contributed by atoms with van der Waals surface area (Å²) in [5, 5.41) is 0.736. The predicted molar refractivity (Wildman–Crippen MR) is 104 cm³/mol. The average Bonchev–Trinajstić information content (AvgIpc) is 2.66. The lowest BCUT2D eigenvalue weighted by Crippen LogP contribution is -2.42. The summed E-state index contributed by atoms with van der Waals surface area (Å²) in [6.07, 6.45) is 0.663. The third-order valence-corrected chi connectivity index (χ3v) is 6.00. The van der Waals surface area contributed by atoms with Gasteiger partial charge in [-0.25, -0.2) is 4.98 Å². The third kappa shape index (κ3) is 3.70. The van der Waals surface area contributed by atoms with Crippen LogP contribution in [0, 0.1) is 12.8 Å². The van der Waals surface area contributed by atoms with Crippen molar-refractivity contribution in [3.05, 3.63) is 57.5 Å². The third-order valence-electron chi connectivity index (χ3n) is 4.86. The molecule has 138 valence electrons. The largest absolute Gasteiger partial charge is 0.338 e. The Bertz CT molecular complexity index is 848. The number of aryl methyl sites for hydroxylation is 1. The van der Waals surface area contributed by atoms with Gasteiger partial charge in [0.2, 0.25) is 5.91 Å². The molecular weight excluding hydrogens is 346 g/mol. The summed E-state index contributed by atoms with van der Waals surface area (Å²) in [5.41, 5.74) is 2.68. The van der Waals surface area contributed by atoms with E-state index in [9.17, 15) is 9.59 Å². The first-order valence-electron chi connectivity index (χ1n) is 9.10. The van der Waals surface area contributed by atoms with Crippen LogP contribution in [0.3, 0.4) is 0 Å². The number of aromatic nitrogens is 2. The maximum Gasteiger partial charge on any atom is 0.257 e. The molecule has 2 heterocycles. The first-order chi connectivity index (χ1) is 12.5. The Kier molecular flexibility index (Phi) is 5.81. The van der Waals surface area contributed by atoms with E-state index >= 15 is 0 Å². The number of thioether (sulfide) groups is 1. The fourth-order valence-corrected chi connectivity index (χ4v) is 4.47. The van der Waals surface area contributed by atoms with Crippen LogP contribution in [0.4, 0.5) is 0 Å². The molecule has 0 radical (unpaired) electrons. The molecular formula is C20H25N3O2S. The quantitative estimate of drug-likeness (QED) is 0.759. The number of hydrogen-bond donors (Lipinski definition) is 0. The van der Waals surface area contributed by atoms with E-state index in [1.165, 1.54) is 11.8 Å². The van der Waals surface area contributed by atoms with E-state index in [1.807, 2.05) is 56.0 Å². The molecule has 0 bridgehead atoms. The Morgan fingerprint density at radius 1 is 1.31 bits per heavy atom. The molecule has 0 saturated carbocycles. The Hall–Kier alpha value is -2.08. The number of carbonyl (C=O) groups excluding carboxylic acids is 1. The van der Waals surface area contributed by atoms with Crippen LogP contribution in [-0.4, -0.2) is 32.7 Å². The van der Waals surface area contributed by atoms with Crippen molar-refractivity contribution >= 4 is 17.7 Å². The van der Waals surface area contributed by atoms with Crippen molar-refractivity contribution in [2.45, 2.75) is 45.4 Å². The molecule has 5 nitrogen and oxygen atoms in total. The Morgan fingerprint density at radius 2 is 2.04 bits per heavy atom. The molecule has 0 spiro atoms. The van der Waals surface area contributed by atoms with Gasteiger partial charge in [-0.15, -0.1) is 0 Å². The lowest BCUT2D eigenvalue weighted by molar-refractivity contribution is -0.135. The number of fused-ring (bicyclic) bond motifs is 1. The highest BCUT2D eigenvalue weighted by Gasteiger charge is 2.30. The normalized spacial score (nSPS) is 16.2. The summed E-state index contributed by atoms with van der Waals surface area (Å²) in [6, 6.07) is 10.0. The molecule has 1 unspecified atom stereocenters. The van der Waals surface area contributed by atoms with Gasteiger partial charge in [0, 0.05) is 36.6 Å². The minimum atomic E-state index is -0.192. The molecule has 0 fully saturated rings. The van der Waals surface area contributed by atoms with E-state index in [2.05, 4.69) is 4.98 Å². The Morgan fingerprint density at radius 3 is 2.69 bits per heavy atom. The standard InChI is InChI=1S/C20H25N3O2S/c1-4-17-14(3)21-20-23(19(17)25)12-16(13-26-20)18(24)22(5-2)11-15-9-7-6-8-10-15/h6-10,16H,4-5,11-13H2,1-3H3. The minimum Gasteiger partial charge on any atom is -0.338 e. The molecule has 26 heavy (non-hydrogen) atoms. The van der Waals surface area contributed by atoms with Crippen molar-refractivity contribution in [2.24, 2.45) is 5.92 Å². The van der Waals surface area contributed by atoms with Gasteiger partial charge in [-0.3, -0.25) is 14.2 Å². The number of carbonyl (C=O) groups is 1. The number of rotatable bonds is 5. The molecule has 0 N–H and O–H groups in total. The van der Waals surface area contributed by atoms with Gasteiger partial charge in [0.25, 0.3) is 5.56 Å². The van der Waals surface area contributed by atoms with E-state index in [4.69, 9.17) is 0 Å². The van der Waals surface area contributed by atoms with Gasteiger partial charge in [-0.05, 0) is 25.8 Å². The van der Waals surface area contributed by atoms with Crippen LogP contribution in [0.1, 0.15) is 30.7 Å². The smallest absolute Gasteiger partial charge is 0.257 e. The second kappa shape index (κ2) is 8.08. The SMILES string of the molecule is CCc1c(C)nc2n(c1=O)CC(C(=O)N(CC)Cc1ccccc1)CS2. The van der Waals surface area contributed by atoms with E-state index in [0.717, 1.165) is 22.0 Å². The molecule has 1 aliphatic rings. The molecule has 0 aliphatic carbocycles. The van der Waals surface area contributed by atoms with Gasteiger partial charge in [-0.1, -0.05) is 49.0 Å². The highest BCUT2D eigenvalue weighted by atomic mass is 32.2. The van der Waals surface area contributed by atoms with Gasteiger partial charge in [0.15, 0.2) is 5.16 Å². The second-order valence-corrected chi connectivity index (χ2v) is 7.56. The maximum absolute atomic E-state index is 13.1. The first-order valence-corrected chi connectivity index (χ1v) is 10.1. The molecule has 0 saturated heterocycles. The summed E-state index contributed by atoms with van der Waals surface area (Å²) < 4.78 is 1.69. The van der Waals surface area contributed by atoms with Crippen LogP contribution in [0.5, 0.6) is 0 Å². The van der Waals surface area contributed by atoms with E-state index in [-0.39, 0.29) is 17.4 Å². The fraction of sp³-hybridized carbons (Fsp3) is 0.450. The lowest BCUT2D eigenvalue weighted by Gasteiger charge is -2.30. The van der Waals surface area contributed by atoms with E-state index in [1.54, 1.807) is 4.57 Å². The Labute approximate surface area is 158 Å². The van der Waals surface area contributed by atoms with Crippen molar-refractivity contribution < 1.29 is 4.79 Å². The van der Waals surface area contributed by atoms with Crippen molar-refractivity contribution in [1.29, 1.82) is 0 Å². The highest BCUT2D eigenvalue weighted by Crippen LogP contribution is 2.27. The van der Waals surface area contributed by atoms with E-state index in [0.29, 0.717) is 31.8 Å². The topological polar surface area (TPSA) is 55.2 Å². The zero-order valence-electron chi connectivity index (χ0n) is 15.6. The molecule has 3 rings (SSSR count). The molecule has 1 amide bonds. The zero-order chi connectivity index (χ0) is 18.7. The number of benzene rings is 1. The van der Waals surface area contributed by atoms with E-state index < -0.39 is 0 Å². The molecule has 1 aliphatic heterocycles. The predicted octanol–water partition coefficient (Wildman–Crippen LogP) is 2.88. The minimum absolute atomic E-state index is 0.00566. The summed E-state index contributed by atoms with van der Waals surface area (Å²) >= 11 is 1.51. The second-order valence-electron chi connectivity index (χ2n) is 6.57. The zero-order valence-corrected chi connectivity index (χ0v) is 16.4. The summed E-state index contributed by atoms with van der Waals surface area (Å²) in [5.74, 6) is 0.588. The van der Waals surface area contributed by atoms with Crippen molar-refractivity contribution in [3.63, 3.8) is 0 Å². The number of nitrogens with zero attached hydrogens (tertiary/aromatic N) is 3. The van der Waals surface area contributed by atoms with Gasteiger partial charge in [0.1, 0.15) is 0 Å². The highest BCUT2D eigenvalue weighted by molar-refractivity contribution is 7.99. The average molecular weight is 372 g/mol. The summed E-state index contributed by atoms with van der Waals surface area (Å²) in [6.45, 7) is 7.53. The summed E-state index contributed by atoms with van der Waals surface area (Å²) in [4.78, 5) is 32.2. The van der Waals surface area contributed by atoms with Crippen LogP contribution in [0.25, 0.3) is 0 Å². The van der Waals surface area contributed by atoms with Gasteiger partial charge < -0.3 is 4.90 Å². The van der Waals surface area contributed by atoms with Gasteiger partial charge >= 0.3 is 0 Å². The molecule has 2 aromatic rings. The van der Waals surface area contributed by atoms with Crippen molar-refractivity contribution in [1.82, 2.24) is 14.5 Å². The fourth-order valence-electron chi connectivity index (χ4n) is 3.36. The first kappa shape index (κ1) is 18.7. The van der Waals surface area contributed by atoms with Crippen LogP contribution in [0.15, 0.2) is 40.3 Å². The van der Waals surface area contributed by atoms with Crippen LogP contribution < -0.4 is 5.56 Å². The molecule has 1 aromatic carbocycles. The van der Waals surface area contributed by atoms with Gasteiger partial charge in [0.05, 0.1) is 5.92 Å². The van der Waals surface area contributed by atoms with Crippen molar-refractivity contribution in [2.75, 3.05) is 12.3 Å². The number of hydrogen-bond acceptors (Lipinski definition) is 4. The maximum atomic E-state index is 13.1. The van der Waals surface area contributed by atoms with Crippen LogP contribution in [0.2, 0.25) is 0 Å². The molecule has 1 aromatic heterocycles. The molecule has 1 atom stereocenters. The molecule has 6 heteroatoms.